The van der Waals surface area contributed by atoms with E-state index in [1.807, 2.05) is 6.92 Å². The van der Waals surface area contributed by atoms with E-state index in [2.05, 4.69) is 33.4 Å². The van der Waals surface area contributed by atoms with Crippen molar-refractivity contribution in [3.63, 3.8) is 0 Å². The zero-order chi connectivity index (χ0) is 11.3. The van der Waals surface area contributed by atoms with E-state index in [-0.39, 0.29) is 5.54 Å². The molecule has 2 atom stereocenters. The summed E-state index contributed by atoms with van der Waals surface area (Å²) in [4.78, 5) is 6.98. The summed E-state index contributed by atoms with van der Waals surface area (Å²) in [5.74, 6) is 2.42. The molecule has 3 rings (SSSR count). The Morgan fingerprint density at radius 2 is 2.25 bits per heavy atom. The van der Waals surface area contributed by atoms with Crippen molar-refractivity contribution in [2.24, 2.45) is 11.8 Å². The molecule has 0 saturated carbocycles. The van der Waals surface area contributed by atoms with Crippen molar-refractivity contribution in [2.45, 2.75) is 26.3 Å². The Morgan fingerprint density at radius 3 is 2.88 bits per heavy atom. The predicted molar refractivity (Wildman–Crippen MR) is 65.9 cm³/mol. The van der Waals surface area contributed by atoms with Crippen LogP contribution in [0.3, 0.4) is 0 Å². The van der Waals surface area contributed by atoms with Gasteiger partial charge in [-0.25, -0.2) is 4.98 Å². The molecular formula is C11H18N4S. The number of hydrogen-bond acceptors (Lipinski definition) is 5. The molecule has 88 valence electrons. The Kier molecular flexibility index (Phi) is 2.23. The van der Waals surface area contributed by atoms with E-state index in [9.17, 15) is 0 Å². The molecule has 0 radical (unpaired) electrons. The molecular weight excluding hydrogens is 220 g/mol. The maximum Gasteiger partial charge on any atom is 0.205 e. The largest absolute Gasteiger partial charge is 0.341 e. The smallest absolute Gasteiger partial charge is 0.205 e. The summed E-state index contributed by atoms with van der Waals surface area (Å²) in [5.41, 5.74) is 0.208. The molecule has 0 spiro atoms. The van der Waals surface area contributed by atoms with Crippen molar-refractivity contribution in [3.8, 4) is 0 Å². The van der Waals surface area contributed by atoms with Gasteiger partial charge >= 0.3 is 0 Å². The number of nitrogens with zero attached hydrogens (tertiary/aromatic N) is 3. The van der Waals surface area contributed by atoms with Gasteiger partial charge in [0.2, 0.25) is 5.13 Å². The van der Waals surface area contributed by atoms with E-state index in [1.54, 1.807) is 0 Å². The first-order chi connectivity index (χ1) is 7.59. The van der Waals surface area contributed by atoms with Gasteiger partial charge in [0.25, 0.3) is 0 Å². The van der Waals surface area contributed by atoms with Crippen molar-refractivity contribution in [1.29, 1.82) is 0 Å². The van der Waals surface area contributed by atoms with Crippen molar-refractivity contribution >= 4 is 16.7 Å². The monoisotopic (exact) mass is 238 g/mol. The molecule has 2 unspecified atom stereocenters. The molecule has 0 bridgehead atoms. The molecule has 2 fully saturated rings. The minimum absolute atomic E-state index is 0.208. The second-order valence-corrected chi connectivity index (χ2v) is 6.14. The number of rotatable bonds is 1. The van der Waals surface area contributed by atoms with Gasteiger partial charge in [0.1, 0.15) is 5.82 Å². The lowest BCUT2D eigenvalue weighted by Crippen LogP contribution is -2.44. The molecule has 2 aliphatic heterocycles. The number of aryl methyl sites for hydroxylation is 1. The molecule has 1 aromatic rings. The lowest BCUT2D eigenvalue weighted by molar-refractivity contribution is 0.357. The zero-order valence-corrected chi connectivity index (χ0v) is 10.8. The van der Waals surface area contributed by atoms with E-state index < -0.39 is 0 Å². The topological polar surface area (TPSA) is 41.1 Å². The first-order valence-corrected chi connectivity index (χ1v) is 6.65. The highest BCUT2D eigenvalue weighted by Crippen LogP contribution is 2.43. The summed E-state index contributed by atoms with van der Waals surface area (Å²) in [6.07, 6.45) is 0. The maximum atomic E-state index is 4.53. The van der Waals surface area contributed by atoms with Gasteiger partial charge in [-0.3, -0.25) is 0 Å². The fraction of sp³-hybridized carbons (Fsp3) is 0.818. The zero-order valence-electron chi connectivity index (χ0n) is 10.0. The normalized spacial score (nSPS) is 32.1. The van der Waals surface area contributed by atoms with Crippen LogP contribution in [0.4, 0.5) is 5.13 Å². The van der Waals surface area contributed by atoms with Gasteiger partial charge in [-0.15, -0.1) is 0 Å². The van der Waals surface area contributed by atoms with Crippen LogP contribution in [0.2, 0.25) is 0 Å². The third-order valence-corrected chi connectivity index (χ3v) is 4.94. The third kappa shape index (κ3) is 1.38. The highest BCUT2D eigenvalue weighted by molar-refractivity contribution is 7.09. The van der Waals surface area contributed by atoms with Crippen LogP contribution in [0.5, 0.6) is 0 Å². The summed E-state index contributed by atoms with van der Waals surface area (Å²) in [6, 6.07) is 0. The second kappa shape index (κ2) is 3.40. The molecule has 1 aromatic heterocycles. The van der Waals surface area contributed by atoms with Crippen LogP contribution in [-0.2, 0) is 0 Å². The van der Waals surface area contributed by atoms with Crippen LogP contribution < -0.4 is 10.2 Å². The quantitative estimate of drug-likeness (QED) is 0.800. The van der Waals surface area contributed by atoms with Gasteiger partial charge in [-0.05, 0) is 32.6 Å². The van der Waals surface area contributed by atoms with Gasteiger partial charge in [-0.1, -0.05) is 0 Å². The van der Waals surface area contributed by atoms with Gasteiger partial charge in [-0.2, -0.15) is 4.37 Å². The van der Waals surface area contributed by atoms with Crippen LogP contribution in [0, 0.1) is 18.8 Å². The van der Waals surface area contributed by atoms with E-state index in [0.717, 1.165) is 42.4 Å². The molecule has 0 aliphatic carbocycles. The van der Waals surface area contributed by atoms with Crippen molar-refractivity contribution < 1.29 is 0 Å². The van der Waals surface area contributed by atoms with Gasteiger partial charge < -0.3 is 10.2 Å². The Labute approximate surface area is 100 Å². The second-order valence-electron chi connectivity index (χ2n) is 5.41. The third-order valence-electron chi connectivity index (χ3n) is 4.11. The lowest BCUT2D eigenvalue weighted by Gasteiger charge is -2.35. The number of hydrogen-bond donors (Lipinski definition) is 1. The number of nitrogens with one attached hydrogen (secondary N) is 1. The van der Waals surface area contributed by atoms with Crippen molar-refractivity contribution in [2.75, 3.05) is 24.5 Å². The Balaban J connectivity index is 1.92. The van der Waals surface area contributed by atoms with E-state index in [1.165, 1.54) is 11.5 Å². The van der Waals surface area contributed by atoms with E-state index in [0.29, 0.717) is 0 Å². The van der Waals surface area contributed by atoms with Crippen LogP contribution in [0.1, 0.15) is 19.7 Å². The van der Waals surface area contributed by atoms with Gasteiger partial charge in [0.15, 0.2) is 0 Å². The average Bonchev–Trinajstić information content (AvgIpc) is 2.85. The molecule has 2 aliphatic rings. The first kappa shape index (κ1) is 10.5. The number of anilines is 1. The maximum absolute atomic E-state index is 4.53. The van der Waals surface area contributed by atoms with Gasteiger partial charge in [0, 0.05) is 36.7 Å². The molecule has 16 heavy (non-hydrogen) atoms. The van der Waals surface area contributed by atoms with Crippen molar-refractivity contribution in [1.82, 2.24) is 14.7 Å². The Bertz CT molecular complexity index is 400. The van der Waals surface area contributed by atoms with Crippen LogP contribution in [-0.4, -0.2) is 34.5 Å². The highest BCUT2D eigenvalue weighted by atomic mass is 32.1. The van der Waals surface area contributed by atoms with Crippen LogP contribution in [0.25, 0.3) is 0 Å². The molecule has 2 saturated heterocycles. The standard InChI is InChI=1S/C11H18N4S/c1-7-13-10(16-14-7)15-6-8-4-12-5-9(8)11(15,2)3/h8-9,12H,4-6H2,1-3H3. The predicted octanol–water partition coefficient (Wildman–Crippen LogP) is 1.28. The first-order valence-electron chi connectivity index (χ1n) is 5.87. The Hall–Kier alpha value is -0.680. The fourth-order valence-electron chi connectivity index (χ4n) is 3.14. The molecule has 4 nitrogen and oxygen atoms in total. The van der Waals surface area contributed by atoms with E-state index in [4.69, 9.17) is 0 Å². The summed E-state index contributed by atoms with van der Waals surface area (Å²) >= 11 is 1.53. The SMILES string of the molecule is Cc1nsc(N2CC3CNCC3C2(C)C)n1. The summed E-state index contributed by atoms with van der Waals surface area (Å²) in [5, 5.41) is 4.59. The van der Waals surface area contributed by atoms with Gasteiger partial charge in [0.05, 0.1) is 0 Å². The number of aromatic nitrogens is 2. The van der Waals surface area contributed by atoms with Crippen LogP contribution in [0.15, 0.2) is 0 Å². The number of fused-ring (bicyclic) bond motifs is 1. The molecule has 0 aromatic carbocycles. The minimum atomic E-state index is 0.208. The molecule has 5 heteroatoms. The Morgan fingerprint density at radius 1 is 1.44 bits per heavy atom. The lowest BCUT2D eigenvalue weighted by atomic mass is 9.85. The highest BCUT2D eigenvalue weighted by Gasteiger charge is 2.50. The molecule has 0 amide bonds. The summed E-state index contributed by atoms with van der Waals surface area (Å²) in [7, 11) is 0. The summed E-state index contributed by atoms with van der Waals surface area (Å²) < 4.78 is 4.29. The van der Waals surface area contributed by atoms with E-state index >= 15 is 0 Å². The fourth-order valence-corrected chi connectivity index (χ4v) is 3.98. The summed E-state index contributed by atoms with van der Waals surface area (Å²) in [6.45, 7) is 10.1. The van der Waals surface area contributed by atoms with Crippen LogP contribution >= 0.6 is 11.5 Å². The molecule has 3 heterocycles. The average molecular weight is 238 g/mol. The van der Waals surface area contributed by atoms with Crippen molar-refractivity contribution in [3.05, 3.63) is 5.82 Å². The molecule has 1 N–H and O–H groups in total. The minimum Gasteiger partial charge on any atom is -0.341 e.